The third-order valence-corrected chi connectivity index (χ3v) is 6.84. The molecule has 4 rings (SSSR count). The molecule has 0 bridgehead atoms. The van der Waals surface area contributed by atoms with Gasteiger partial charge >= 0.3 is 0 Å². The van der Waals surface area contributed by atoms with E-state index >= 15 is 0 Å². The minimum absolute atomic E-state index is 0.0268. The zero-order valence-electron chi connectivity index (χ0n) is 20.3. The Bertz CT molecular complexity index is 1370. The van der Waals surface area contributed by atoms with Crippen molar-refractivity contribution in [3.63, 3.8) is 0 Å². The molecular weight excluding hydrogens is 474 g/mol. The number of nitrogens with zero attached hydrogens (tertiary/aromatic N) is 4. The molecule has 0 aliphatic heterocycles. The quantitative estimate of drug-likeness (QED) is 0.172. The summed E-state index contributed by atoms with van der Waals surface area (Å²) in [5.41, 5.74) is 3.93. The van der Waals surface area contributed by atoms with Gasteiger partial charge in [-0.2, -0.15) is 0 Å². The summed E-state index contributed by atoms with van der Waals surface area (Å²) in [6, 6.07) is 22.0. The Hall–Kier alpha value is -3.98. The Morgan fingerprint density at radius 1 is 1.06 bits per heavy atom. The number of thioether (sulfide) groups is 1. The molecule has 0 fully saturated rings. The molecule has 3 aromatic carbocycles. The Labute approximate surface area is 213 Å². The van der Waals surface area contributed by atoms with Crippen LogP contribution in [-0.4, -0.2) is 31.6 Å². The minimum atomic E-state index is -0.407. The summed E-state index contributed by atoms with van der Waals surface area (Å²) in [7, 11) is 0. The van der Waals surface area contributed by atoms with Crippen LogP contribution in [0.1, 0.15) is 41.8 Å². The van der Waals surface area contributed by atoms with E-state index in [1.807, 2.05) is 73.9 Å². The van der Waals surface area contributed by atoms with E-state index in [0.29, 0.717) is 27.9 Å². The number of nitrogens with one attached hydrogen (secondary N) is 1. The number of hydrogen-bond acceptors (Lipinski definition) is 6. The highest BCUT2D eigenvalue weighted by molar-refractivity contribution is 7.98. The molecule has 0 saturated heterocycles. The van der Waals surface area contributed by atoms with Gasteiger partial charge in [0.1, 0.15) is 0 Å². The average molecular weight is 502 g/mol. The number of carbonyl (C=O) groups is 1. The Kier molecular flexibility index (Phi) is 7.80. The second-order valence-corrected chi connectivity index (χ2v) is 9.46. The van der Waals surface area contributed by atoms with Gasteiger partial charge in [0.25, 0.3) is 11.6 Å². The lowest BCUT2D eigenvalue weighted by Crippen LogP contribution is -2.31. The average Bonchev–Trinajstić information content (AvgIpc) is 3.31. The topological polar surface area (TPSA) is 103 Å². The second kappa shape index (κ2) is 11.2. The maximum atomic E-state index is 12.4. The Morgan fingerprint density at radius 2 is 1.75 bits per heavy atom. The van der Waals surface area contributed by atoms with E-state index in [4.69, 9.17) is 0 Å². The highest BCUT2D eigenvalue weighted by Crippen LogP contribution is 2.34. The molecule has 0 saturated carbocycles. The van der Waals surface area contributed by atoms with Gasteiger partial charge in [-0.05, 0) is 56.2 Å². The lowest BCUT2D eigenvalue weighted by atomic mass is 10.1. The second-order valence-electron chi connectivity index (χ2n) is 8.52. The summed E-state index contributed by atoms with van der Waals surface area (Å²) in [6.45, 7) is 6.01. The van der Waals surface area contributed by atoms with E-state index < -0.39 is 4.92 Å². The number of nitro benzene ring substituents is 1. The molecule has 0 unspecified atom stereocenters. The fourth-order valence-corrected chi connectivity index (χ4v) is 4.50. The summed E-state index contributed by atoms with van der Waals surface area (Å²) >= 11 is 1.48. The first kappa shape index (κ1) is 25.1. The summed E-state index contributed by atoms with van der Waals surface area (Å²) in [6.07, 6.45) is 0.871. The van der Waals surface area contributed by atoms with Crippen LogP contribution in [0.25, 0.3) is 17.1 Å². The van der Waals surface area contributed by atoms with E-state index in [9.17, 15) is 14.9 Å². The number of rotatable bonds is 9. The van der Waals surface area contributed by atoms with Crippen LogP contribution in [0.15, 0.2) is 78.0 Å². The van der Waals surface area contributed by atoms with Gasteiger partial charge < -0.3 is 5.32 Å². The highest BCUT2D eigenvalue weighted by atomic mass is 32.2. The molecule has 4 aromatic rings. The van der Waals surface area contributed by atoms with Crippen LogP contribution in [0.3, 0.4) is 0 Å². The molecule has 0 spiro atoms. The molecule has 1 aromatic heterocycles. The number of benzene rings is 3. The van der Waals surface area contributed by atoms with Crippen molar-refractivity contribution < 1.29 is 9.72 Å². The third-order valence-electron chi connectivity index (χ3n) is 5.84. The largest absolute Gasteiger partial charge is 0.350 e. The van der Waals surface area contributed by atoms with Crippen molar-refractivity contribution >= 4 is 23.4 Å². The number of carbonyl (C=O) groups excluding carboxylic acids is 1. The first-order valence-electron chi connectivity index (χ1n) is 11.7. The Balaban J connectivity index is 1.63. The number of aromatic nitrogens is 3. The van der Waals surface area contributed by atoms with Crippen LogP contribution in [0.2, 0.25) is 0 Å². The van der Waals surface area contributed by atoms with Crippen LogP contribution < -0.4 is 5.32 Å². The van der Waals surface area contributed by atoms with E-state index in [-0.39, 0.29) is 17.6 Å². The molecule has 1 amide bonds. The third kappa shape index (κ3) is 5.63. The summed E-state index contributed by atoms with van der Waals surface area (Å²) in [5.74, 6) is 0.913. The molecule has 9 heteroatoms. The molecule has 184 valence electrons. The van der Waals surface area contributed by atoms with Crippen molar-refractivity contribution in [2.75, 3.05) is 0 Å². The van der Waals surface area contributed by atoms with Crippen LogP contribution in [0.5, 0.6) is 0 Å². The highest BCUT2D eigenvalue weighted by Gasteiger charge is 2.23. The van der Waals surface area contributed by atoms with Crippen LogP contribution in [0.4, 0.5) is 5.69 Å². The number of amides is 1. The summed E-state index contributed by atoms with van der Waals surface area (Å²) < 4.78 is 1.85. The van der Waals surface area contributed by atoms with Crippen LogP contribution in [0, 0.1) is 17.0 Å². The van der Waals surface area contributed by atoms with Crippen molar-refractivity contribution in [3.05, 3.63) is 99.6 Å². The van der Waals surface area contributed by atoms with Crippen LogP contribution >= 0.6 is 11.8 Å². The van der Waals surface area contributed by atoms with Gasteiger partial charge in [0.05, 0.1) is 10.5 Å². The molecule has 0 aliphatic carbocycles. The normalized spacial score (nSPS) is 11.8. The molecule has 1 N–H and O–H groups in total. The van der Waals surface area contributed by atoms with Crippen LogP contribution in [-0.2, 0) is 5.75 Å². The number of para-hydroxylation sites is 1. The van der Waals surface area contributed by atoms with Gasteiger partial charge in [0.15, 0.2) is 11.0 Å². The zero-order chi connectivity index (χ0) is 25.7. The molecule has 0 aliphatic rings. The maximum Gasteiger partial charge on any atom is 0.280 e. The molecule has 8 nitrogen and oxygen atoms in total. The Morgan fingerprint density at radius 3 is 2.42 bits per heavy atom. The predicted molar refractivity (Wildman–Crippen MR) is 141 cm³/mol. The number of hydrogen-bond donors (Lipinski definition) is 1. The van der Waals surface area contributed by atoms with Crippen molar-refractivity contribution in [2.24, 2.45) is 0 Å². The smallest absolute Gasteiger partial charge is 0.280 e. The number of nitro groups is 1. The lowest BCUT2D eigenvalue weighted by molar-refractivity contribution is -0.384. The zero-order valence-corrected chi connectivity index (χ0v) is 21.2. The van der Waals surface area contributed by atoms with Gasteiger partial charge in [-0.3, -0.25) is 19.5 Å². The van der Waals surface area contributed by atoms with Gasteiger partial charge in [-0.25, -0.2) is 0 Å². The fourth-order valence-electron chi connectivity index (χ4n) is 3.60. The van der Waals surface area contributed by atoms with Crippen molar-refractivity contribution in [1.29, 1.82) is 0 Å². The molecule has 0 radical (unpaired) electrons. The summed E-state index contributed by atoms with van der Waals surface area (Å²) in [5, 5.41) is 24.0. The van der Waals surface area contributed by atoms with Gasteiger partial charge in [-0.15, -0.1) is 10.2 Å². The standard InChI is InChI=1S/C27H27N5O3S/c1-4-19(3)28-26(33)21-13-11-20(12-14-21)17-36-27-30-29-25(23-7-5-6-8-24(23)32(34)35)31(27)22-15-9-18(2)10-16-22/h5-16,19H,4,17H2,1-3H3,(H,28,33)/t19-/m1/s1. The maximum absolute atomic E-state index is 12.4. The van der Waals surface area contributed by atoms with E-state index in [2.05, 4.69) is 15.5 Å². The SMILES string of the molecule is CC[C@@H](C)NC(=O)c1ccc(CSc2nnc(-c3ccccc3[N+](=O)[O-])n2-c2ccc(C)cc2)cc1. The lowest BCUT2D eigenvalue weighted by Gasteiger charge is -2.12. The van der Waals surface area contributed by atoms with Gasteiger partial charge in [0.2, 0.25) is 0 Å². The van der Waals surface area contributed by atoms with Gasteiger partial charge in [-0.1, -0.05) is 60.6 Å². The first-order valence-corrected chi connectivity index (χ1v) is 12.6. The first-order chi connectivity index (χ1) is 17.4. The molecule has 36 heavy (non-hydrogen) atoms. The van der Waals surface area contributed by atoms with Gasteiger partial charge in [0, 0.05) is 29.1 Å². The molecular formula is C27H27N5O3S. The van der Waals surface area contributed by atoms with E-state index in [1.54, 1.807) is 18.2 Å². The van der Waals surface area contributed by atoms with E-state index in [0.717, 1.165) is 23.2 Å². The predicted octanol–water partition coefficient (Wildman–Crippen LogP) is 5.97. The van der Waals surface area contributed by atoms with Crippen molar-refractivity contribution in [3.8, 4) is 17.1 Å². The number of aryl methyl sites for hydroxylation is 1. The monoisotopic (exact) mass is 501 g/mol. The summed E-state index contributed by atoms with van der Waals surface area (Å²) in [4.78, 5) is 23.6. The minimum Gasteiger partial charge on any atom is -0.350 e. The fraction of sp³-hybridized carbons (Fsp3) is 0.222. The molecule has 1 heterocycles. The molecule has 1 atom stereocenters. The van der Waals surface area contributed by atoms with Crippen molar-refractivity contribution in [2.45, 2.75) is 44.1 Å². The van der Waals surface area contributed by atoms with E-state index in [1.165, 1.54) is 17.8 Å². The van der Waals surface area contributed by atoms with Crippen molar-refractivity contribution in [1.82, 2.24) is 20.1 Å².